The summed E-state index contributed by atoms with van der Waals surface area (Å²) in [7, 11) is 3.04. The summed E-state index contributed by atoms with van der Waals surface area (Å²) in [4.78, 5) is 2.98. The first-order valence-electron chi connectivity index (χ1n) is 9.14. The highest BCUT2D eigenvalue weighted by molar-refractivity contribution is 6.36. The molecule has 0 saturated carbocycles. The monoisotopic (exact) mass is 426 g/mol. The molecule has 0 spiro atoms. The molecule has 0 atom stereocenters. The molecule has 0 radical (unpaired) electrons. The third-order valence-corrected chi connectivity index (χ3v) is 5.19. The molecule has 156 valence electrons. The number of nitrogens with one attached hydrogen (secondary N) is 1. The van der Waals surface area contributed by atoms with Gasteiger partial charge in [-0.25, -0.2) is 0 Å². The van der Waals surface area contributed by atoms with Crippen LogP contribution in [0, 0.1) is 0 Å². The van der Waals surface area contributed by atoms with Crippen molar-refractivity contribution in [1.82, 2.24) is 4.98 Å². The molecule has 2 aromatic carbocycles. The van der Waals surface area contributed by atoms with E-state index in [1.165, 1.54) is 20.3 Å². The van der Waals surface area contributed by atoms with Crippen LogP contribution in [0.1, 0.15) is 24.0 Å². The van der Waals surface area contributed by atoms with E-state index in [1.54, 1.807) is 18.2 Å². The molecule has 4 nitrogen and oxygen atoms in total. The fraction of sp³-hybridized carbons (Fsp3) is 0.333. The fourth-order valence-electron chi connectivity index (χ4n) is 3.50. The third-order valence-electron chi connectivity index (χ3n) is 4.87. The van der Waals surface area contributed by atoms with Crippen molar-refractivity contribution in [3.8, 4) is 22.8 Å². The summed E-state index contributed by atoms with van der Waals surface area (Å²) in [5.74, 6) is 1.08. The number of aromatic amines is 1. The third kappa shape index (κ3) is 4.16. The van der Waals surface area contributed by atoms with Crippen LogP contribution in [0.2, 0.25) is 5.02 Å². The topological polar surface area (TPSA) is 60.3 Å². The van der Waals surface area contributed by atoms with Gasteiger partial charge >= 0.3 is 6.18 Å². The zero-order chi connectivity index (χ0) is 21.2. The number of ether oxygens (including phenoxy) is 2. The average Bonchev–Trinajstić information content (AvgIpc) is 3.07. The lowest BCUT2D eigenvalue weighted by molar-refractivity contribution is -0.136. The zero-order valence-electron chi connectivity index (χ0n) is 16.1. The smallest absolute Gasteiger partial charge is 0.418 e. The Morgan fingerprint density at radius 1 is 1.07 bits per heavy atom. The summed E-state index contributed by atoms with van der Waals surface area (Å²) in [5.41, 5.74) is 6.66. The Balaban J connectivity index is 2.34. The predicted molar refractivity (Wildman–Crippen MR) is 109 cm³/mol. The van der Waals surface area contributed by atoms with E-state index in [2.05, 4.69) is 4.98 Å². The lowest BCUT2D eigenvalue weighted by atomic mass is 9.98. The van der Waals surface area contributed by atoms with Crippen molar-refractivity contribution in [3.05, 3.63) is 46.5 Å². The van der Waals surface area contributed by atoms with Gasteiger partial charge in [-0.3, -0.25) is 0 Å². The van der Waals surface area contributed by atoms with Gasteiger partial charge in [-0.05, 0) is 61.7 Å². The van der Waals surface area contributed by atoms with Crippen molar-refractivity contribution in [3.63, 3.8) is 0 Å². The quantitative estimate of drug-likeness (QED) is 0.469. The molecule has 0 bridgehead atoms. The first-order chi connectivity index (χ1) is 13.8. The number of alkyl halides is 3. The molecular formula is C21H22ClF3N2O2. The summed E-state index contributed by atoms with van der Waals surface area (Å²) < 4.78 is 51.7. The van der Waals surface area contributed by atoms with Gasteiger partial charge in [0, 0.05) is 10.9 Å². The molecule has 3 N–H and O–H groups in total. The van der Waals surface area contributed by atoms with Crippen molar-refractivity contribution < 1.29 is 22.6 Å². The van der Waals surface area contributed by atoms with E-state index in [4.69, 9.17) is 26.8 Å². The number of hydrogen-bond acceptors (Lipinski definition) is 3. The van der Waals surface area contributed by atoms with Crippen molar-refractivity contribution in [2.45, 2.75) is 25.4 Å². The van der Waals surface area contributed by atoms with Gasteiger partial charge in [-0.1, -0.05) is 11.6 Å². The Morgan fingerprint density at radius 3 is 2.45 bits per heavy atom. The van der Waals surface area contributed by atoms with Crippen LogP contribution in [0.15, 0.2) is 30.3 Å². The van der Waals surface area contributed by atoms with Gasteiger partial charge in [-0.2, -0.15) is 13.2 Å². The van der Waals surface area contributed by atoms with Crippen LogP contribution in [-0.4, -0.2) is 25.7 Å². The second-order valence-electron chi connectivity index (χ2n) is 6.63. The molecule has 0 aliphatic carbocycles. The van der Waals surface area contributed by atoms with Gasteiger partial charge in [0.2, 0.25) is 0 Å². The maximum atomic E-state index is 13.6. The van der Waals surface area contributed by atoms with E-state index in [1.807, 2.05) is 0 Å². The SMILES string of the molecule is COc1ccc(OC)c(-c2[nH]c3c(C(F)(F)F)ccc(Cl)c3c2CCCCN)c1. The minimum Gasteiger partial charge on any atom is -0.497 e. The Bertz CT molecular complexity index is 1020. The van der Waals surface area contributed by atoms with E-state index in [0.29, 0.717) is 46.7 Å². The molecule has 0 saturated heterocycles. The summed E-state index contributed by atoms with van der Waals surface area (Å²) >= 11 is 6.36. The minimum absolute atomic E-state index is 0.0346. The van der Waals surface area contributed by atoms with E-state index < -0.39 is 11.7 Å². The van der Waals surface area contributed by atoms with E-state index in [9.17, 15) is 13.2 Å². The van der Waals surface area contributed by atoms with E-state index in [0.717, 1.165) is 18.9 Å². The molecule has 0 aliphatic heterocycles. The summed E-state index contributed by atoms with van der Waals surface area (Å²) in [6, 6.07) is 7.47. The van der Waals surface area contributed by atoms with Crippen LogP contribution in [0.5, 0.6) is 11.5 Å². The lowest BCUT2D eigenvalue weighted by Gasteiger charge is -2.12. The molecule has 1 aromatic heterocycles. The maximum Gasteiger partial charge on any atom is 0.418 e. The van der Waals surface area contributed by atoms with Gasteiger partial charge in [0.25, 0.3) is 0 Å². The van der Waals surface area contributed by atoms with Crippen molar-refractivity contribution in [2.75, 3.05) is 20.8 Å². The highest BCUT2D eigenvalue weighted by Gasteiger charge is 2.35. The Morgan fingerprint density at radius 2 is 1.83 bits per heavy atom. The Kier molecular flexibility index (Phi) is 6.29. The number of hydrogen-bond donors (Lipinski definition) is 2. The molecule has 0 unspecified atom stereocenters. The fourth-order valence-corrected chi connectivity index (χ4v) is 3.77. The van der Waals surface area contributed by atoms with E-state index >= 15 is 0 Å². The first-order valence-corrected chi connectivity index (χ1v) is 9.52. The second-order valence-corrected chi connectivity index (χ2v) is 7.04. The molecule has 3 aromatic rings. The number of nitrogens with two attached hydrogens (primary N) is 1. The van der Waals surface area contributed by atoms with Crippen molar-refractivity contribution >= 4 is 22.5 Å². The first kappa shape index (κ1) is 21.3. The number of benzene rings is 2. The number of rotatable bonds is 7. The number of H-pyrrole nitrogens is 1. The highest BCUT2D eigenvalue weighted by atomic mass is 35.5. The standard InChI is InChI=1S/C21H22ClF3N2O2/c1-28-12-6-9-17(29-2)14(11-12)19-13(5-3-4-10-26)18-16(22)8-7-15(20(18)27-19)21(23,24)25/h6-9,11,27H,3-5,10,26H2,1-2H3. The van der Waals surface area contributed by atoms with Gasteiger partial charge in [0.05, 0.1) is 36.0 Å². The number of aromatic nitrogens is 1. The number of methoxy groups -OCH3 is 2. The van der Waals surface area contributed by atoms with Crippen LogP contribution in [0.25, 0.3) is 22.2 Å². The molecule has 8 heteroatoms. The predicted octanol–water partition coefficient (Wildman–Crippen LogP) is 5.81. The van der Waals surface area contributed by atoms with Crippen LogP contribution < -0.4 is 15.2 Å². The number of halogens is 4. The average molecular weight is 427 g/mol. The molecular weight excluding hydrogens is 405 g/mol. The normalized spacial score (nSPS) is 11.8. The Labute approximate surface area is 171 Å². The molecule has 0 amide bonds. The van der Waals surface area contributed by atoms with Crippen molar-refractivity contribution in [2.24, 2.45) is 5.73 Å². The van der Waals surface area contributed by atoms with Gasteiger partial charge < -0.3 is 20.2 Å². The molecule has 0 fully saturated rings. The van der Waals surface area contributed by atoms with Crippen LogP contribution in [0.4, 0.5) is 13.2 Å². The van der Waals surface area contributed by atoms with Gasteiger partial charge in [0.15, 0.2) is 0 Å². The number of fused-ring (bicyclic) bond motifs is 1. The highest BCUT2D eigenvalue weighted by Crippen LogP contribution is 2.44. The summed E-state index contributed by atoms with van der Waals surface area (Å²) in [6.07, 6.45) is -2.53. The molecule has 3 rings (SSSR count). The summed E-state index contributed by atoms with van der Waals surface area (Å²) in [6.45, 7) is 0.502. The minimum atomic E-state index is -4.52. The molecule has 0 aliphatic rings. The Hall–Kier alpha value is -2.38. The molecule has 29 heavy (non-hydrogen) atoms. The van der Waals surface area contributed by atoms with Gasteiger partial charge in [-0.15, -0.1) is 0 Å². The van der Waals surface area contributed by atoms with Crippen LogP contribution in [-0.2, 0) is 12.6 Å². The molecule has 1 heterocycles. The number of unbranched alkanes of at least 4 members (excludes halogenated alkanes) is 1. The van der Waals surface area contributed by atoms with Crippen molar-refractivity contribution in [1.29, 1.82) is 0 Å². The number of aryl methyl sites for hydroxylation is 1. The maximum absolute atomic E-state index is 13.6. The zero-order valence-corrected chi connectivity index (χ0v) is 16.9. The van der Waals surface area contributed by atoms with Crippen LogP contribution in [0.3, 0.4) is 0 Å². The largest absolute Gasteiger partial charge is 0.497 e. The second kappa shape index (κ2) is 8.55. The lowest BCUT2D eigenvalue weighted by Crippen LogP contribution is -2.05. The van der Waals surface area contributed by atoms with E-state index in [-0.39, 0.29) is 10.5 Å². The summed E-state index contributed by atoms with van der Waals surface area (Å²) in [5, 5.41) is 0.637. The van der Waals surface area contributed by atoms with Gasteiger partial charge in [0.1, 0.15) is 11.5 Å². The van der Waals surface area contributed by atoms with Crippen LogP contribution >= 0.6 is 11.6 Å².